The van der Waals surface area contributed by atoms with Crippen LogP contribution >= 0.6 is 0 Å². The minimum absolute atomic E-state index is 0.0730. The highest BCUT2D eigenvalue weighted by Gasteiger charge is 2.22. The standard InChI is InChI=1S/C16H12O6/c1-21-15-9(17)7-10-12(14(15)19)13(18)11(16(20)22-10)8-5-3-2-4-6-8/h2-7,17,19-20H,1H3. The van der Waals surface area contributed by atoms with E-state index in [1.165, 1.54) is 7.11 Å². The Morgan fingerprint density at radius 2 is 1.77 bits per heavy atom. The Morgan fingerprint density at radius 3 is 2.41 bits per heavy atom. The normalized spacial score (nSPS) is 10.8. The van der Waals surface area contributed by atoms with E-state index in [1.54, 1.807) is 30.3 Å². The second-order valence-electron chi connectivity index (χ2n) is 4.63. The molecule has 6 nitrogen and oxygen atoms in total. The lowest BCUT2D eigenvalue weighted by Crippen LogP contribution is -2.06. The first-order valence-electron chi connectivity index (χ1n) is 6.38. The summed E-state index contributed by atoms with van der Waals surface area (Å²) in [5, 5.41) is 29.7. The van der Waals surface area contributed by atoms with Gasteiger partial charge in [-0.25, -0.2) is 0 Å². The highest BCUT2D eigenvalue weighted by atomic mass is 16.5. The van der Waals surface area contributed by atoms with E-state index < -0.39 is 22.9 Å². The van der Waals surface area contributed by atoms with E-state index in [0.717, 1.165) is 6.07 Å². The average molecular weight is 300 g/mol. The lowest BCUT2D eigenvalue weighted by atomic mass is 10.0. The Bertz CT molecular complexity index is 912. The highest BCUT2D eigenvalue weighted by Crippen LogP contribution is 2.42. The summed E-state index contributed by atoms with van der Waals surface area (Å²) in [6, 6.07) is 9.54. The summed E-state index contributed by atoms with van der Waals surface area (Å²) in [5.74, 6) is -1.76. The number of ether oxygens (including phenoxy) is 1. The van der Waals surface area contributed by atoms with Crippen LogP contribution in [0.5, 0.6) is 23.2 Å². The number of phenols is 2. The van der Waals surface area contributed by atoms with E-state index in [0.29, 0.717) is 5.56 Å². The Morgan fingerprint density at radius 1 is 1.09 bits per heavy atom. The molecule has 0 fully saturated rings. The second kappa shape index (κ2) is 5.00. The van der Waals surface area contributed by atoms with Crippen molar-refractivity contribution >= 4 is 11.0 Å². The fourth-order valence-electron chi connectivity index (χ4n) is 2.35. The van der Waals surface area contributed by atoms with Crippen LogP contribution in [0.25, 0.3) is 22.1 Å². The summed E-state index contributed by atoms with van der Waals surface area (Å²) in [6.45, 7) is 0. The molecule has 6 heteroatoms. The summed E-state index contributed by atoms with van der Waals surface area (Å²) < 4.78 is 10.0. The van der Waals surface area contributed by atoms with Crippen molar-refractivity contribution in [3.8, 4) is 34.3 Å². The molecule has 0 saturated heterocycles. The van der Waals surface area contributed by atoms with Gasteiger partial charge in [0.25, 0.3) is 5.95 Å². The number of methoxy groups -OCH3 is 1. The van der Waals surface area contributed by atoms with E-state index >= 15 is 0 Å². The van der Waals surface area contributed by atoms with Gasteiger partial charge in [-0.15, -0.1) is 0 Å². The van der Waals surface area contributed by atoms with Crippen LogP contribution in [0.3, 0.4) is 0 Å². The molecule has 2 aromatic carbocycles. The summed E-state index contributed by atoms with van der Waals surface area (Å²) in [7, 11) is 1.25. The van der Waals surface area contributed by atoms with E-state index in [1.807, 2.05) is 0 Å². The Labute approximate surface area is 124 Å². The number of fused-ring (bicyclic) bond motifs is 1. The maximum Gasteiger partial charge on any atom is 0.294 e. The van der Waals surface area contributed by atoms with E-state index in [9.17, 15) is 20.1 Å². The molecule has 0 unspecified atom stereocenters. The predicted molar refractivity (Wildman–Crippen MR) is 79.5 cm³/mol. The fourth-order valence-corrected chi connectivity index (χ4v) is 2.35. The van der Waals surface area contributed by atoms with E-state index in [4.69, 9.17) is 9.15 Å². The van der Waals surface area contributed by atoms with Gasteiger partial charge in [-0.1, -0.05) is 30.3 Å². The van der Waals surface area contributed by atoms with Crippen LogP contribution in [0, 0.1) is 0 Å². The number of rotatable bonds is 2. The van der Waals surface area contributed by atoms with Crippen LogP contribution < -0.4 is 10.2 Å². The Hall–Kier alpha value is -3.15. The zero-order chi connectivity index (χ0) is 15.9. The molecule has 0 bridgehead atoms. The Kier molecular flexibility index (Phi) is 3.14. The number of hydrogen-bond donors (Lipinski definition) is 3. The van der Waals surface area contributed by atoms with Crippen LogP contribution in [-0.2, 0) is 0 Å². The molecule has 0 saturated carbocycles. The van der Waals surface area contributed by atoms with Gasteiger partial charge < -0.3 is 24.5 Å². The molecule has 0 radical (unpaired) electrons. The number of benzene rings is 2. The molecular weight excluding hydrogens is 288 g/mol. The van der Waals surface area contributed by atoms with Gasteiger partial charge >= 0.3 is 0 Å². The molecule has 0 amide bonds. The van der Waals surface area contributed by atoms with Gasteiger partial charge in [0.15, 0.2) is 11.5 Å². The second-order valence-corrected chi connectivity index (χ2v) is 4.63. The van der Waals surface area contributed by atoms with Crippen LogP contribution in [0.2, 0.25) is 0 Å². The van der Waals surface area contributed by atoms with Crippen molar-refractivity contribution in [2.45, 2.75) is 0 Å². The highest BCUT2D eigenvalue weighted by molar-refractivity contribution is 5.92. The quantitative estimate of drug-likeness (QED) is 0.672. The molecule has 22 heavy (non-hydrogen) atoms. The van der Waals surface area contributed by atoms with E-state index in [-0.39, 0.29) is 22.3 Å². The number of hydrogen-bond acceptors (Lipinski definition) is 6. The van der Waals surface area contributed by atoms with E-state index in [2.05, 4.69) is 0 Å². The first kappa shape index (κ1) is 13.8. The largest absolute Gasteiger partial charge is 0.504 e. The van der Waals surface area contributed by atoms with Gasteiger partial charge in [0.1, 0.15) is 16.5 Å². The van der Waals surface area contributed by atoms with Gasteiger partial charge in [0.05, 0.1) is 7.11 Å². The molecule has 0 aliphatic heterocycles. The summed E-state index contributed by atoms with van der Waals surface area (Å²) in [5.41, 5.74) is -0.392. The van der Waals surface area contributed by atoms with Gasteiger partial charge in [0.2, 0.25) is 11.2 Å². The first-order chi connectivity index (χ1) is 10.5. The van der Waals surface area contributed by atoms with Crippen molar-refractivity contribution in [2.24, 2.45) is 0 Å². The Balaban J connectivity index is 2.45. The van der Waals surface area contributed by atoms with Crippen molar-refractivity contribution in [1.82, 2.24) is 0 Å². The third kappa shape index (κ3) is 1.93. The molecular formula is C16H12O6. The lowest BCUT2D eigenvalue weighted by molar-refractivity contribution is 0.334. The number of aromatic hydroxyl groups is 3. The van der Waals surface area contributed by atoms with Gasteiger partial charge in [-0.3, -0.25) is 4.79 Å². The van der Waals surface area contributed by atoms with Gasteiger partial charge in [-0.2, -0.15) is 0 Å². The smallest absolute Gasteiger partial charge is 0.294 e. The van der Waals surface area contributed by atoms with Crippen molar-refractivity contribution in [2.75, 3.05) is 7.11 Å². The summed E-state index contributed by atoms with van der Waals surface area (Å²) in [6.07, 6.45) is 0. The average Bonchev–Trinajstić information content (AvgIpc) is 2.48. The third-order valence-electron chi connectivity index (χ3n) is 3.34. The minimum Gasteiger partial charge on any atom is -0.504 e. The van der Waals surface area contributed by atoms with Crippen molar-refractivity contribution in [3.63, 3.8) is 0 Å². The van der Waals surface area contributed by atoms with Crippen LogP contribution in [0.4, 0.5) is 0 Å². The number of phenolic OH excluding ortho intramolecular Hbond substituents is 2. The van der Waals surface area contributed by atoms with Crippen molar-refractivity contribution < 1.29 is 24.5 Å². The SMILES string of the molecule is COc1c(O)cc2oc(O)c(-c3ccccc3)c(=O)c2c1O. The molecule has 0 atom stereocenters. The lowest BCUT2D eigenvalue weighted by Gasteiger charge is -2.10. The molecule has 1 heterocycles. The van der Waals surface area contributed by atoms with Crippen LogP contribution in [0.1, 0.15) is 0 Å². The third-order valence-corrected chi connectivity index (χ3v) is 3.34. The first-order valence-corrected chi connectivity index (χ1v) is 6.38. The van der Waals surface area contributed by atoms with Crippen LogP contribution in [-0.4, -0.2) is 22.4 Å². The summed E-state index contributed by atoms with van der Waals surface area (Å²) >= 11 is 0. The summed E-state index contributed by atoms with van der Waals surface area (Å²) in [4.78, 5) is 12.6. The maximum absolute atomic E-state index is 12.6. The maximum atomic E-state index is 12.6. The molecule has 3 rings (SSSR count). The zero-order valence-corrected chi connectivity index (χ0v) is 11.5. The van der Waals surface area contributed by atoms with Crippen molar-refractivity contribution in [1.29, 1.82) is 0 Å². The van der Waals surface area contributed by atoms with Crippen LogP contribution in [0.15, 0.2) is 45.6 Å². The molecule has 1 aromatic heterocycles. The van der Waals surface area contributed by atoms with Crippen molar-refractivity contribution in [3.05, 3.63) is 46.6 Å². The minimum atomic E-state index is -0.624. The monoisotopic (exact) mass is 300 g/mol. The zero-order valence-electron chi connectivity index (χ0n) is 11.5. The fraction of sp³-hybridized carbons (Fsp3) is 0.0625. The predicted octanol–water partition coefficient (Wildman–Crippen LogP) is 2.59. The molecule has 0 aliphatic rings. The molecule has 0 aliphatic carbocycles. The molecule has 3 N–H and O–H groups in total. The van der Waals surface area contributed by atoms with Gasteiger partial charge in [0, 0.05) is 6.07 Å². The topological polar surface area (TPSA) is 100 Å². The molecule has 0 spiro atoms. The molecule has 112 valence electrons. The van der Waals surface area contributed by atoms with Gasteiger partial charge in [-0.05, 0) is 5.56 Å². The molecule has 3 aromatic rings.